The van der Waals surface area contributed by atoms with E-state index in [1.807, 2.05) is 0 Å². The highest BCUT2D eigenvalue weighted by atomic mass is 31.2. The maximum atomic E-state index is 13.8. The summed E-state index contributed by atoms with van der Waals surface area (Å²) >= 11 is 0. The normalized spacial score (nSPS) is 26.7. The third kappa shape index (κ3) is 6.61. The van der Waals surface area contributed by atoms with Crippen LogP contribution in [0.15, 0.2) is 31.6 Å². The molecule has 0 radical (unpaired) electrons. The molecule has 2 saturated heterocycles. The highest BCUT2D eigenvalue weighted by Gasteiger charge is 2.40. The molecule has 0 bridgehead atoms. The van der Waals surface area contributed by atoms with Gasteiger partial charge in [0.15, 0.2) is 18.6 Å². The Balaban J connectivity index is 0.000000215. The van der Waals surface area contributed by atoms with Crippen LogP contribution < -0.4 is 22.5 Å². The van der Waals surface area contributed by atoms with Crippen molar-refractivity contribution in [3.8, 4) is 0 Å². The second kappa shape index (κ2) is 12.1. The van der Waals surface area contributed by atoms with Crippen molar-refractivity contribution in [3.05, 3.63) is 65.7 Å². The Labute approximate surface area is 207 Å². The number of H-pyrrole nitrogens is 2. The average Bonchev–Trinajstić information content (AvgIpc) is 3.40. The number of halogens is 4. The van der Waals surface area contributed by atoms with Gasteiger partial charge in [-0.2, -0.15) is 8.78 Å². The lowest BCUT2D eigenvalue weighted by Gasteiger charge is -2.16. The number of aromatic nitrogens is 4. The van der Waals surface area contributed by atoms with Crippen LogP contribution in [-0.2, 0) is 14.2 Å². The summed E-state index contributed by atoms with van der Waals surface area (Å²) in [6, 6.07) is 0. The minimum Gasteiger partial charge on any atom is -0.429 e. The van der Waals surface area contributed by atoms with Gasteiger partial charge in [0.05, 0.1) is 25.1 Å². The molecule has 0 unspecified atom stereocenters. The molecular weight excluding hydrogens is 555 g/mol. The third-order valence-electron chi connectivity index (χ3n) is 5.14. The summed E-state index contributed by atoms with van der Waals surface area (Å²) in [6.07, 6.45) is -8.06. The van der Waals surface area contributed by atoms with Gasteiger partial charge < -0.3 is 29.1 Å². The van der Waals surface area contributed by atoms with E-state index < -0.39 is 98.4 Å². The van der Waals surface area contributed by atoms with Crippen molar-refractivity contribution in [2.45, 2.75) is 50.0 Å². The monoisotopic (exact) mass is 574 g/mol. The zero-order valence-electron chi connectivity index (χ0n) is 18.7. The fourth-order valence-corrected chi connectivity index (χ4v) is 3.65. The van der Waals surface area contributed by atoms with E-state index in [0.29, 0.717) is 21.5 Å². The fraction of sp³-hybridized carbons (Fsp3) is 0.500. The molecular formula is C18H19F4N4O11P. The van der Waals surface area contributed by atoms with Crippen LogP contribution >= 0.6 is 8.38 Å². The molecule has 0 aliphatic carbocycles. The van der Waals surface area contributed by atoms with E-state index in [-0.39, 0.29) is 6.42 Å². The molecule has 2 aromatic heterocycles. The number of aliphatic hydroxyl groups is 1. The zero-order chi connectivity index (χ0) is 28.3. The first-order valence-corrected chi connectivity index (χ1v) is 11.7. The first kappa shape index (κ1) is 29.3. The second-order valence-corrected chi connectivity index (χ2v) is 8.70. The van der Waals surface area contributed by atoms with Crippen molar-refractivity contribution in [2.75, 3.05) is 6.61 Å². The molecule has 2 fully saturated rings. The van der Waals surface area contributed by atoms with E-state index in [1.54, 1.807) is 9.97 Å². The minimum absolute atomic E-state index is 0.0889. The van der Waals surface area contributed by atoms with Crippen LogP contribution in [0, 0.1) is 11.6 Å². The number of ether oxygens (including phenoxy) is 3. The summed E-state index contributed by atoms with van der Waals surface area (Å²) < 4.78 is 68.9. The quantitative estimate of drug-likeness (QED) is 0.215. The van der Waals surface area contributed by atoms with Crippen LogP contribution in [0.5, 0.6) is 0 Å². The molecule has 0 spiro atoms. The predicted octanol–water partition coefficient (Wildman–Crippen LogP) is -1.01. The second-order valence-electron chi connectivity index (χ2n) is 7.75. The van der Waals surface area contributed by atoms with E-state index in [0.717, 1.165) is 0 Å². The molecule has 0 amide bonds. The Bertz CT molecular complexity index is 1400. The van der Waals surface area contributed by atoms with Gasteiger partial charge in [-0.15, -0.1) is 0 Å². The van der Waals surface area contributed by atoms with Crippen LogP contribution in [0.4, 0.5) is 22.4 Å². The number of hydrogen-bond donors (Lipinski definition) is 5. The Kier molecular flexibility index (Phi) is 9.34. The van der Waals surface area contributed by atoms with Gasteiger partial charge in [-0.1, -0.05) is 0 Å². The van der Waals surface area contributed by atoms with Crippen molar-refractivity contribution in [3.63, 3.8) is 0 Å². The maximum Gasteiger partial charge on any atom is 0.385 e. The van der Waals surface area contributed by atoms with Crippen molar-refractivity contribution < 1.29 is 51.5 Å². The highest BCUT2D eigenvalue weighted by Crippen LogP contribution is 2.34. The van der Waals surface area contributed by atoms with Gasteiger partial charge >= 0.3 is 17.1 Å². The smallest absolute Gasteiger partial charge is 0.385 e. The molecule has 4 rings (SSSR count). The van der Waals surface area contributed by atoms with Crippen molar-refractivity contribution in [1.82, 2.24) is 19.1 Å². The van der Waals surface area contributed by atoms with Gasteiger partial charge in [-0.3, -0.25) is 28.7 Å². The molecule has 5 N–H and O–H groups in total. The van der Waals surface area contributed by atoms with Crippen LogP contribution in [0.2, 0.25) is 0 Å². The largest absolute Gasteiger partial charge is 0.429 e. The number of carbonyl (C=O) groups is 1. The topological polar surface area (TPSA) is 215 Å². The molecule has 4 heterocycles. The lowest BCUT2D eigenvalue weighted by atomic mass is 10.2. The molecule has 2 aromatic rings. The van der Waals surface area contributed by atoms with E-state index in [1.165, 1.54) is 0 Å². The molecule has 0 aromatic carbocycles. The molecule has 38 heavy (non-hydrogen) atoms. The summed E-state index contributed by atoms with van der Waals surface area (Å²) in [6.45, 7) is -0.391. The average molecular weight is 574 g/mol. The summed E-state index contributed by atoms with van der Waals surface area (Å²) in [5.41, 5.74) is -5.89. The Morgan fingerprint density at radius 1 is 0.947 bits per heavy atom. The van der Waals surface area contributed by atoms with Gasteiger partial charge in [-0.05, 0) is 0 Å². The Morgan fingerprint density at radius 2 is 1.42 bits per heavy atom. The summed E-state index contributed by atoms with van der Waals surface area (Å²) in [7, 11) is -3.02. The molecule has 2 aliphatic heterocycles. The third-order valence-corrected chi connectivity index (χ3v) is 5.58. The summed E-state index contributed by atoms with van der Waals surface area (Å²) in [5, 5.41) is 8.81. The fourth-order valence-electron chi connectivity index (χ4n) is 3.43. The van der Waals surface area contributed by atoms with Gasteiger partial charge in [0.1, 0.15) is 6.17 Å². The molecule has 20 heteroatoms. The van der Waals surface area contributed by atoms with Gasteiger partial charge in [0.2, 0.25) is 17.9 Å². The predicted molar refractivity (Wildman–Crippen MR) is 114 cm³/mol. The SMILES string of the molecule is O=C(O[C@@H]1C[C@@H](F)[C@H](n2cc(F)c(=O)[nH]c2=O)O1)P(O)O.O=c1[nH]c(=O)n([C@@H]2O[C@H](CO)C[C@H]2F)cc1F. The lowest BCUT2D eigenvalue weighted by molar-refractivity contribution is -0.117. The molecule has 210 valence electrons. The standard InChI is InChI=1S/C9H9F2N2O7P.C9H10F2N2O4/c10-3-1-5(20-9(16)21(17)18)19-7(3)13-2-4(11)6(14)12-8(13)15;10-5-1-4(3-14)17-8(5)13-2-6(11)7(15)12-9(13)16/h2-3,5,7,17-18H,1H2,(H,12,14,15);2,4-5,8,14H,1,3H2,(H,12,15,16)/t3-,5-,7-;4-,5+,8+/m10/s1. The van der Waals surface area contributed by atoms with Crippen molar-refractivity contribution in [2.24, 2.45) is 0 Å². The Morgan fingerprint density at radius 3 is 1.87 bits per heavy atom. The number of nitrogens with zero attached hydrogens (tertiary/aromatic N) is 2. The van der Waals surface area contributed by atoms with E-state index in [4.69, 9.17) is 24.4 Å². The first-order valence-electron chi connectivity index (χ1n) is 10.4. The van der Waals surface area contributed by atoms with Crippen LogP contribution in [0.25, 0.3) is 0 Å². The highest BCUT2D eigenvalue weighted by molar-refractivity contribution is 7.63. The molecule has 0 saturated carbocycles. The van der Waals surface area contributed by atoms with Crippen LogP contribution in [0.1, 0.15) is 25.3 Å². The number of hydrogen-bond acceptors (Lipinski definition) is 11. The van der Waals surface area contributed by atoms with E-state index >= 15 is 0 Å². The number of aliphatic hydroxyl groups excluding tert-OH is 1. The van der Waals surface area contributed by atoms with Crippen LogP contribution in [-0.4, -0.2) is 71.1 Å². The zero-order valence-corrected chi connectivity index (χ0v) is 19.6. The van der Waals surface area contributed by atoms with Crippen LogP contribution in [0.3, 0.4) is 0 Å². The lowest BCUT2D eigenvalue weighted by Crippen LogP contribution is -2.36. The number of alkyl halides is 2. The minimum atomic E-state index is -3.02. The van der Waals surface area contributed by atoms with Gasteiger partial charge in [-0.25, -0.2) is 23.2 Å². The molecule has 15 nitrogen and oxygen atoms in total. The van der Waals surface area contributed by atoms with Gasteiger partial charge in [0, 0.05) is 12.8 Å². The van der Waals surface area contributed by atoms with E-state index in [9.17, 15) is 41.5 Å². The number of nitrogens with one attached hydrogen (secondary N) is 2. The summed E-state index contributed by atoms with van der Waals surface area (Å²) in [4.78, 5) is 75.9. The Hall–Kier alpha value is -3.22. The van der Waals surface area contributed by atoms with Crippen molar-refractivity contribution in [1.29, 1.82) is 0 Å². The maximum absolute atomic E-state index is 13.8. The molecule has 6 atom stereocenters. The first-order chi connectivity index (χ1) is 17.8. The molecule has 2 aliphatic rings. The summed E-state index contributed by atoms with van der Waals surface area (Å²) in [5.74, 6) is -2.52. The van der Waals surface area contributed by atoms with Crippen molar-refractivity contribution >= 4 is 14.1 Å². The number of rotatable bonds is 5. The number of carbonyl (C=O) groups excluding carboxylic acids is 1. The van der Waals surface area contributed by atoms with Gasteiger partial charge in [0.25, 0.3) is 19.5 Å². The van der Waals surface area contributed by atoms with E-state index in [2.05, 4.69) is 4.74 Å². The number of aromatic amines is 2.